The molecule has 1 aliphatic heterocycles. The molecule has 0 aromatic carbocycles. The van der Waals surface area contributed by atoms with Gasteiger partial charge in [-0.15, -0.1) is 11.3 Å². The van der Waals surface area contributed by atoms with Crippen LogP contribution >= 0.6 is 11.3 Å². The molecule has 2 amide bonds. The molecule has 2 aromatic heterocycles. The number of hydrogen-bond acceptors (Lipinski definition) is 7. The molecule has 1 atom stereocenters. The Morgan fingerprint density at radius 2 is 2.22 bits per heavy atom. The van der Waals surface area contributed by atoms with Gasteiger partial charge in [-0.05, 0) is 13.3 Å². The monoisotopic (exact) mass is 331 g/mol. The molecule has 0 fully saturated rings. The number of aromatic nitrogens is 3. The number of hydrogen-bond donors (Lipinski definition) is 2. The van der Waals surface area contributed by atoms with E-state index in [4.69, 9.17) is 0 Å². The van der Waals surface area contributed by atoms with Gasteiger partial charge >= 0.3 is 0 Å². The van der Waals surface area contributed by atoms with Gasteiger partial charge in [0.25, 0.3) is 5.91 Å². The van der Waals surface area contributed by atoms with Gasteiger partial charge in [0.05, 0.1) is 10.9 Å². The minimum absolute atomic E-state index is 0.125. The van der Waals surface area contributed by atoms with Crippen molar-refractivity contribution in [2.45, 2.75) is 25.8 Å². The van der Waals surface area contributed by atoms with Crippen LogP contribution in [-0.2, 0) is 11.2 Å². The molecule has 118 valence electrons. The van der Waals surface area contributed by atoms with E-state index in [9.17, 15) is 14.4 Å². The number of amides is 2. The van der Waals surface area contributed by atoms with Gasteiger partial charge < -0.3 is 10.6 Å². The number of anilines is 1. The summed E-state index contributed by atoms with van der Waals surface area (Å²) in [5, 5.41) is 6.07. The second kappa shape index (κ2) is 6.21. The molecular weight excluding hydrogens is 318 g/mol. The molecule has 2 N–H and O–H groups in total. The average Bonchev–Trinajstić information content (AvgIpc) is 3.03. The number of nitrogens with one attached hydrogen (secondary N) is 2. The Morgan fingerprint density at radius 3 is 2.96 bits per heavy atom. The average molecular weight is 331 g/mol. The summed E-state index contributed by atoms with van der Waals surface area (Å²) in [5.41, 5.74) is 0.874. The third-order valence-corrected chi connectivity index (χ3v) is 4.50. The number of carbonyl (C=O) groups is 3. The third kappa shape index (κ3) is 3.09. The molecule has 0 saturated carbocycles. The lowest BCUT2D eigenvalue weighted by Crippen LogP contribution is -2.30. The van der Waals surface area contributed by atoms with Gasteiger partial charge in [0.2, 0.25) is 5.91 Å². The van der Waals surface area contributed by atoms with Gasteiger partial charge in [0, 0.05) is 18.2 Å². The fourth-order valence-electron chi connectivity index (χ4n) is 2.27. The Kier molecular flexibility index (Phi) is 4.11. The highest BCUT2D eigenvalue weighted by Gasteiger charge is 2.24. The zero-order valence-corrected chi connectivity index (χ0v) is 13.0. The molecule has 0 bridgehead atoms. The summed E-state index contributed by atoms with van der Waals surface area (Å²) in [6, 6.07) is -0.356. The van der Waals surface area contributed by atoms with Crippen LogP contribution in [0.3, 0.4) is 0 Å². The highest BCUT2D eigenvalue weighted by Crippen LogP contribution is 2.23. The summed E-state index contributed by atoms with van der Waals surface area (Å²) < 4.78 is 0. The lowest BCUT2D eigenvalue weighted by molar-refractivity contribution is -0.116. The molecule has 3 heterocycles. The van der Waals surface area contributed by atoms with Crippen molar-refractivity contribution in [3.8, 4) is 0 Å². The summed E-state index contributed by atoms with van der Waals surface area (Å²) >= 11 is 1.22. The highest BCUT2D eigenvalue weighted by atomic mass is 32.1. The number of fused-ring (bicyclic) bond motifs is 1. The lowest BCUT2D eigenvalue weighted by Gasteiger charge is -2.18. The molecule has 0 radical (unpaired) electrons. The molecule has 0 spiro atoms. The van der Waals surface area contributed by atoms with E-state index in [-0.39, 0.29) is 23.6 Å². The van der Waals surface area contributed by atoms with Crippen molar-refractivity contribution in [3.63, 3.8) is 0 Å². The van der Waals surface area contributed by atoms with Crippen LogP contribution in [0.4, 0.5) is 5.82 Å². The maximum Gasteiger partial charge on any atom is 0.270 e. The topological polar surface area (TPSA) is 114 Å². The van der Waals surface area contributed by atoms with E-state index in [0.29, 0.717) is 34.1 Å². The Hall–Kier alpha value is -2.68. The van der Waals surface area contributed by atoms with E-state index in [0.717, 1.165) is 6.29 Å². The largest absolute Gasteiger partial charge is 0.342 e. The molecule has 3 rings (SSSR count). The van der Waals surface area contributed by atoms with Crippen LogP contribution in [0.5, 0.6) is 0 Å². The first kappa shape index (κ1) is 15.2. The van der Waals surface area contributed by atoms with Crippen LogP contribution in [0.1, 0.15) is 50.1 Å². The normalized spacial score (nSPS) is 14.6. The summed E-state index contributed by atoms with van der Waals surface area (Å²) in [6.07, 6.45) is 4.16. The fourth-order valence-corrected chi connectivity index (χ4v) is 3.00. The van der Waals surface area contributed by atoms with Crippen LogP contribution in [0.2, 0.25) is 0 Å². The first-order valence-electron chi connectivity index (χ1n) is 6.94. The van der Waals surface area contributed by atoms with Gasteiger partial charge in [-0.25, -0.2) is 15.0 Å². The zero-order chi connectivity index (χ0) is 16.4. The van der Waals surface area contributed by atoms with Crippen molar-refractivity contribution in [2.24, 2.45) is 0 Å². The number of thiazole rings is 1. The maximum atomic E-state index is 12.5. The van der Waals surface area contributed by atoms with Crippen molar-refractivity contribution in [1.29, 1.82) is 0 Å². The molecule has 0 aliphatic carbocycles. The molecule has 1 unspecified atom stereocenters. The molecule has 1 aliphatic rings. The fraction of sp³-hybridized carbons (Fsp3) is 0.286. The Morgan fingerprint density at radius 1 is 1.39 bits per heavy atom. The van der Waals surface area contributed by atoms with Crippen molar-refractivity contribution in [1.82, 2.24) is 20.3 Å². The molecular formula is C14H13N5O3S. The van der Waals surface area contributed by atoms with Crippen LogP contribution in [0.25, 0.3) is 0 Å². The maximum absolute atomic E-state index is 12.5. The van der Waals surface area contributed by atoms with E-state index in [1.165, 1.54) is 23.9 Å². The third-order valence-electron chi connectivity index (χ3n) is 3.40. The summed E-state index contributed by atoms with van der Waals surface area (Å²) in [7, 11) is 0. The van der Waals surface area contributed by atoms with E-state index >= 15 is 0 Å². The predicted octanol–water partition coefficient (Wildman–Crippen LogP) is 1.12. The van der Waals surface area contributed by atoms with Crippen LogP contribution in [0.15, 0.2) is 12.5 Å². The Labute approximate surface area is 135 Å². The Balaban J connectivity index is 1.79. The van der Waals surface area contributed by atoms with Crippen molar-refractivity contribution < 1.29 is 14.4 Å². The summed E-state index contributed by atoms with van der Waals surface area (Å²) in [6.45, 7) is 1.78. The van der Waals surface area contributed by atoms with Crippen LogP contribution in [0, 0.1) is 0 Å². The van der Waals surface area contributed by atoms with Crippen molar-refractivity contribution >= 4 is 35.3 Å². The van der Waals surface area contributed by atoms with E-state index in [1.54, 1.807) is 6.92 Å². The number of aldehydes is 1. The van der Waals surface area contributed by atoms with Crippen LogP contribution in [-0.4, -0.2) is 33.1 Å². The second-order valence-electron chi connectivity index (χ2n) is 5.01. The lowest BCUT2D eigenvalue weighted by atomic mass is 10.0. The van der Waals surface area contributed by atoms with E-state index in [2.05, 4.69) is 25.6 Å². The van der Waals surface area contributed by atoms with E-state index < -0.39 is 0 Å². The van der Waals surface area contributed by atoms with Gasteiger partial charge in [0.15, 0.2) is 6.29 Å². The predicted molar refractivity (Wildman–Crippen MR) is 82.4 cm³/mol. The number of carbonyl (C=O) groups excluding carboxylic acids is 3. The SMILES string of the molecule is CC(NC(=O)c1ncnc2c1CCC(=O)N2)c1ncc(C=O)s1. The Bertz CT molecular complexity index is 788. The summed E-state index contributed by atoms with van der Waals surface area (Å²) in [5.74, 6) is -0.109. The van der Waals surface area contributed by atoms with Gasteiger partial charge in [-0.2, -0.15) is 0 Å². The van der Waals surface area contributed by atoms with Gasteiger partial charge in [-0.1, -0.05) is 0 Å². The molecule has 8 nitrogen and oxygen atoms in total. The standard InChI is InChI=1S/C14H13N5O3S/c1-7(14-15-4-8(5-20)23-14)18-13(22)11-9-2-3-10(21)19-12(9)17-6-16-11/h4-7H,2-3H2,1H3,(H,18,22)(H,16,17,19,21). The first-order valence-corrected chi connectivity index (χ1v) is 7.75. The molecule has 9 heteroatoms. The van der Waals surface area contributed by atoms with E-state index in [1.807, 2.05) is 0 Å². The summed E-state index contributed by atoms with van der Waals surface area (Å²) in [4.78, 5) is 47.2. The molecule has 23 heavy (non-hydrogen) atoms. The van der Waals surface area contributed by atoms with Gasteiger partial charge in [-0.3, -0.25) is 14.4 Å². The second-order valence-corrected chi connectivity index (χ2v) is 6.11. The van der Waals surface area contributed by atoms with Crippen molar-refractivity contribution in [2.75, 3.05) is 5.32 Å². The smallest absolute Gasteiger partial charge is 0.270 e. The number of nitrogens with zero attached hydrogens (tertiary/aromatic N) is 3. The van der Waals surface area contributed by atoms with Crippen LogP contribution < -0.4 is 10.6 Å². The highest BCUT2D eigenvalue weighted by molar-refractivity contribution is 7.13. The quantitative estimate of drug-likeness (QED) is 0.812. The minimum atomic E-state index is -0.366. The number of rotatable bonds is 4. The van der Waals surface area contributed by atoms with Crippen molar-refractivity contribution in [3.05, 3.63) is 33.7 Å². The minimum Gasteiger partial charge on any atom is -0.342 e. The van der Waals surface area contributed by atoms with Gasteiger partial charge in [0.1, 0.15) is 22.8 Å². The molecule has 0 saturated heterocycles. The first-order chi connectivity index (χ1) is 11.1. The zero-order valence-electron chi connectivity index (χ0n) is 12.2. The molecule has 2 aromatic rings.